The van der Waals surface area contributed by atoms with E-state index < -0.39 is 28.8 Å². The molecular formula is C26H14F4N4. The summed E-state index contributed by atoms with van der Waals surface area (Å²) in [6.45, 7) is 0. The maximum absolute atomic E-state index is 15.3. The Balaban J connectivity index is 1.82. The van der Waals surface area contributed by atoms with E-state index >= 15 is 8.78 Å². The van der Waals surface area contributed by atoms with Crippen LogP contribution in [0.1, 0.15) is 22.8 Å². The third-order valence-electron chi connectivity index (χ3n) is 5.69. The van der Waals surface area contributed by atoms with Crippen molar-refractivity contribution >= 4 is 46.4 Å². The molecule has 0 spiro atoms. The van der Waals surface area contributed by atoms with Crippen LogP contribution in [0.2, 0.25) is 0 Å². The number of benzene rings is 1. The quantitative estimate of drug-likeness (QED) is 0.264. The Morgan fingerprint density at radius 3 is 1.76 bits per heavy atom. The molecule has 1 aromatic carbocycles. The molecule has 5 heterocycles. The van der Waals surface area contributed by atoms with Crippen LogP contribution in [-0.4, -0.2) is 19.9 Å². The van der Waals surface area contributed by atoms with Gasteiger partial charge in [-0.05, 0) is 42.0 Å². The van der Waals surface area contributed by atoms with Crippen molar-refractivity contribution in [2.24, 2.45) is 0 Å². The molecule has 2 aliphatic rings. The molecule has 6 rings (SSSR count). The Bertz CT molecular complexity index is 1700. The van der Waals surface area contributed by atoms with Gasteiger partial charge < -0.3 is 9.97 Å². The fourth-order valence-electron chi connectivity index (χ4n) is 4.06. The number of halogens is 4. The summed E-state index contributed by atoms with van der Waals surface area (Å²) in [7, 11) is 0. The number of hydrogen-bond acceptors (Lipinski definition) is 2. The zero-order valence-corrected chi connectivity index (χ0v) is 17.3. The topological polar surface area (TPSA) is 57.4 Å². The average molecular weight is 458 g/mol. The molecule has 0 atom stereocenters. The molecule has 4 nitrogen and oxygen atoms in total. The standard InChI is InChI=1S/C26H14F4N4/c27-14-12-21-22(13-4-2-1-3-5-13)15-6-7-16(31-15)23(28)17-8-9-18(32-17)24(29)19-10-11-20(33-19)25(30)26(14)34-21/h1-12,32,34H. The van der Waals surface area contributed by atoms with Crippen LogP contribution in [0, 0.1) is 23.3 Å². The summed E-state index contributed by atoms with van der Waals surface area (Å²) in [4.78, 5) is 13.8. The molecule has 0 saturated carbocycles. The highest BCUT2D eigenvalue weighted by Gasteiger charge is 2.18. The normalized spacial score (nSPS) is 12.5. The van der Waals surface area contributed by atoms with Crippen LogP contribution >= 0.6 is 0 Å². The number of nitrogens with zero attached hydrogens (tertiary/aromatic N) is 2. The van der Waals surface area contributed by atoms with Crippen molar-refractivity contribution in [3.8, 4) is 11.1 Å². The summed E-state index contributed by atoms with van der Waals surface area (Å²) in [6.07, 6.45) is 5.60. The average Bonchev–Trinajstić information content (AvgIpc) is 3.65. The lowest BCUT2D eigenvalue weighted by molar-refractivity contribution is 0.601. The molecule has 4 aromatic rings. The van der Waals surface area contributed by atoms with Gasteiger partial charge in [0.1, 0.15) is 22.6 Å². The molecule has 8 heteroatoms. The van der Waals surface area contributed by atoms with Crippen molar-refractivity contribution in [3.63, 3.8) is 0 Å². The first kappa shape index (κ1) is 20.2. The summed E-state index contributed by atoms with van der Waals surface area (Å²) in [5.41, 5.74) is 0.942. The summed E-state index contributed by atoms with van der Waals surface area (Å²) in [5, 5.41) is 0. The van der Waals surface area contributed by atoms with Crippen molar-refractivity contribution < 1.29 is 17.6 Å². The second-order valence-corrected chi connectivity index (χ2v) is 7.81. The summed E-state index contributed by atoms with van der Waals surface area (Å²) < 4.78 is 60.4. The van der Waals surface area contributed by atoms with E-state index in [1.54, 1.807) is 30.3 Å². The first-order valence-electron chi connectivity index (χ1n) is 10.4. The molecule has 2 N–H and O–H groups in total. The Kier molecular flexibility index (Phi) is 4.48. The fourth-order valence-corrected chi connectivity index (χ4v) is 4.06. The number of aromatic amines is 2. The van der Waals surface area contributed by atoms with E-state index in [4.69, 9.17) is 0 Å². The lowest BCUT2D eigenvalue weighted by Crippen LogP contribution is -1.88. The van der Waals surface area contributed by atoms with Crippen LogP contribution in [0.4, 0.5) is 17.6 Å². The summed E-state index contributed by atoms with van der Waals surface area (Å²) >= 11 is 0. The van der Waals surface area contributed by atoms with Crippen molar-refractivity contribution in [3.05, 3.63) is 94.6 Å². The minimum absolute atomic E-state index is 0.0167. The van der Waals surface area contributed by atoms with E-state index in [1.807, 2.05) is 6.07 Å². The highest BCUT2D eigenvalue weighted by Crippen LogP contribution is 2.32. The first-order chi connectivity index (χ1) is 16.5. The van der Waals surface area contributed by atoms with Gasteiger partial charge in [-0.2, -0.15) is 0 Å². The molecule has 0 radical (unpaired) electrons. The van der Waals surface area contributed by atoms with E-state index in [9.17, 15) is 8.78 Å². The van der Waals surface area contributed by atoms with Gasteiger partial charge in [0.2, 0.25) is 0 Å². The third kappa shape index (κ3) is 3.14. The van der Waals surface area contributed by atoms with Gasteiger partial charge in [-0.1, -0.05) is 30.3 Å². The van der Waals surface area contributed by atoms with Crippen LogP contribution in [-0.2, 0) is 0 Å². The van der Waals surface area contributed by atoms with Gasteiger partial charge in [-0.25, -0.2) is 27.5 Å². The second-order valence-electron chi connectivity index (χ2n) is 7.81. The predicted octanol–water partition coefficient (Wildman–Crippen LogP) is 6.88. The van der Waals surface area contributed by atoms with Gasteiger partial charge in [-0.15, -0.1) is 0 Å². The number of aromatic nitrogens is 4. The Hall–Kier alpha value is -4.46. The molecular weight excluding hydrogens is 444 g/mol. The Morgan fingerprint density at radius 2 is 1.12 bits per heavy atom. The second kappa shape index (κ2) is 7.55. The van der Waals surface area contributed by atoms with E-state index in [2.05, 4.69) is 19.9 Å². The highest BCUT2D eigenvalue weighted by atomic mass is 19.1. The van der Waals surface area contributed by atoms with Crippen molar-refractivity contribution in [1.29, 1.82) is 0 Å². The summed E-state index contributed by atoms with van der Waals surface area (Å²) in [6, 6.07) is 12.9. The minimum Gasteiger partial charge on any atom is -0.351 e. The Morgan fingerprint density at radius 1 is 0.559 bits per heavy atom. The lowest BCUT2D eigenvalue weighted by atomic mass is 10.0. The predicted molar refractivity (Wildman–Crippen MR) is 124 cm³/mol. The molecule has 3 aromatic heterocycles. The smallest absolute Gasteiger partial charge is 0.175 e. The van der Waals surface area contributed by atoms with Crippen molar-refractivity contribution in [2.75, 3.05) is 0 Å². The van der Waals surface area contributed by atoms with Crippen LogP contribution in [0.5, 0.6) is 0 Å². The number of fused-ring (bicyclic) bond motifs is 8. The third-order valence-corrected chi connectivity index (χ3v) is 5.69. The molecule has 0 unspecified atom stereocenters. The highest BCUT2D eigenvalue weighted by molar-refractivity contribution is 5.91. The SMILES string of the molecule is Fc1c2nc(c(-c3ccccc3)c3cc(F)c([nH]3)c(F)c3nc(c(F)c4ccc1[nH]4)C=C3)C=C2. The maximum Gasteiger partial charge on any atom is 0.175 e. The van der Waals surface area contributed by atoms with Gasteiger partial charge in [0.25, 0.3) is 0 Å². The van der Waals surface area contributed by atoms with Crippen LogP contribution in [0.25, 0.3) is 57.5 Å². The van der Waals surface area contributed by atoms with E-state index in [0.29, 0.717) is 16.8 Å². The molecule has 8 bridgehead atoms. The summed E-state index contributed by atoms with van der Waals surface area (Å²) in [5.74, 6) is -3.30. The fraction of sp³-hybridized carbons (Fsp3) is 0. The maximum atomic E-state index is 15.3. The molecule has 166 valence electrons. The lowest BCUT2D eigenvalue weighted by Gasteiger charge is -2.03. The van der Waals surface area contributed by atoms with Crippen LogP contribution < -0.4 is 0 Å². The van der Waals surface area contributed by atoms with E-state index in [0.717, 1.165) is 6.07 Å². The van der Waals surface area contributed by atoms with Crippen LogP contribution in [0.3, 0.4) is 0 Å². The number of nitrogens with one attached hydrogen (secondary N) is 2. The van der Waals surface area contributed by atoms with Gasteiger partial charge in [0, 0.05) is 11.6 Å². The molecule has 0 aliphatic carbocycles. The number of H-pyrrole nitrogens is 2. The molecule has 2 aliphatic heterocycles. The van der Waals surface area contributed by atoms with Gasteiger partial charge in [-0.3, -0.25) is 0 Å². The van der Waals surface area contributed by atoms with Gasteiger partial charge >= 0.3 is 0 Å². The minimum atomic E-state index is -0.968. The van der Waals surface area contributed by atoms with Crippen molar-refractivity contribution in [2.45, 2.75) is 0 Å². The van der Waals surface area contributed by atoms with E-state index in [-0.39, 0.29) is 33.6 Å². The monoisotopic (exact) mass is 458 g/mol. The molecule has 34 heavy (non-hydrogen) atoms. The Labute approximate surface area is 190 Å². The molecule has 0 saturated heterocycles. The zero-order valence-electron chi connectivity index (χ0n) is 17.3. The first-order valence-corrected chi connectivity index (χ1v) is 10.4. The number of rotatable bonds is 1. The number of hydrogen-bond donors (Lipinski definition) is 2. The molecule has 0 fully saturated rings. The van der Waals surface area contributed by atoms with Crippen molar-refractivity contribution in [1.82, 2.24) is 19.9 Å². The molecule has 0 amide bonds. The van der Waals surface area contributed by atoms with Crippen LogP contribution in [0.15, 0.2) is 48.5 Å². The van der Waals surface area contributed by atoms with E-state index in [1.165, 1.54) is 30.4 Å². The van der Waals surface area contributed by atoms with Gasteiger partial charge in [0.05, 0.1) is 22.2 Å². The van der Waals surface area contributed by atoms with Gasteiger partial charge in [0.15, 0.2) is 23.3 Å². The zero-order chi connectivity index (χ0) is 23.4. The largest absolute Gasteiger partial charge is 0.351 e.